The summed E-state index contributed by atoms with van der Waals surface area (Å²) in [5.41, 5.74) is 7.57. The fraction of sp³-hybridized carbons (Fsp3) is 0.769. The largest absolute Gasteiger partial charge is 0.327 e. The summed E-state index contributed by atoms with van der Waals surface area (Å²) in [6.45, 7) is 2.35. The molecule has 1 fully saturated rings. The molecule has 1 atom stereocenters. The molecule has 1 aromatic rings. The third kappa shape index (κ3) is 2.85. The average molecular weight is 221 g/mol. The van der Waals surface area contributed by atoms with Gasteiger partial charge in [0, 0.05) is 19.3 Å². The van der Waals surface area contributed by atoms with Crippen LogP contribution >= 0.6 is 0 Å². The molecule has 90 valence electrons. The molecule has 0 bridgehead atoms. The van der Waals surface area contributed by atoms with Gasteiger partial charge in [-0.05, 0) is 36.7 Å². The highest BCUT2D eigenvalue weighted by atomic mass is 15.2. The van der Waals surface area contributed by atoms with Crippen molar-refractivity contribution in [2.24, 2.45) is 24.6 Å². The van der Waals surface area contributed by atoms with E-state index in [4.69, 9.17) is 5.73 Å². The van der Waals surface area contributed by atoms with Crippen molar-refractivity contribution in [3.05, 3.63) is 18.0 Å². The molecule has 0 radical (unpaired) electrons. The van der Waals surface area contributed by atoms with Crippen LogP contribution in [0.5, 0.6) is 0 Å². The Labute approximate surface area is 98.0 Å². The molecular formula is C13H23N3. The fourth-order valence-electron chi connectivity index (χ4n) is 2.73. The summed E-state index contributed by atoms with van der Waals surface area (Å²) in [5, 5.41) is 4.19. The maximum Gasteiger partial charge on any atom is 0.0522 e. The van der Waals surface area contributed by atoms with Crippen LogP contribution in [0.1, 0.15) is 38.2 Å². The normalized spacial score (nSPS) is 27.9. The lowest BCUT2D eigenvalue weighted by molar-refractivity contribution is 0.253. The molecule has 1 aromatic heterocycles. The summed E-state index contributed by atoms with van der Waals surface area (Å²) in [6, 6.07) is 0.316. The van der Waals surface area contributed by atoms with E-state index < -0.39 is 0 Å². The average Bonchev–Trinajstić information content (AvgIpc) is 2.65. The van der Waals surface area contributed by atoms with E-state index in [-0.39, 0.29) is 0 Å². The summed E-state index contributed by atoms with van der Waals surface area (Å²) in [7, 11) is 1.96. The van der Waals surface area contributed by atoms with Crippen molar-refractivity contribution in [3.63, 3.8) is 0 Å². The molecular weight excluding hydrogens is 198 g/mol. The van der Waals surface area contributed by atoms with Crippen molar-refractivity contribution in [1.29, 1.82) is 0 Å². The van der Waals surface area contributed by atoms with Crippen LogP contribution in [0.25, 0.3) is 0 Å². The molecule has 3 heteroatoms. The molecule has 1 unspecified atom stereocenters. The van der Waals surface area contributed by atoms with Crippen molar-refractivity contribution in [3.8, 4) is 0 Å². The van der Waals surface area contributed by atoms with Crippen LogP contribution in [0.3, 0.4) is 0 Å². The maximum atomic E-state index is 6.30. The molecule has 1 heterocycles. The molecule has 0 aliphatic heterocycles. The minimum absolute atomic E-state index is 0.316. The van der Waals surface area contributed by atoms with Gasteiger partial charge in [-0.3, -0.25) is 4.68 Å². The molecule has 3 nitrogen and oxygen atoms in total. The second kappa shape index (κ2) is 5.00. The van der Waals surface area contributed by atoms with Crippen molar-refractivity contribution >= 4 is 0 Å². The van der Waals surface area contributed by atoms with Crippen LogP contribution in [0.4, 0.5) is 0 Å². The Hall–Kier alpha value is -0.830. The summed E-state index contributed by atoms with van der Waals surface area (Å²) >= 11 is 0. The molecule has 0 aromatic carbocycles. The third-order valence-electron chi connectivity index (χ3n) is 3.90. The van der Waals surface area contributed by atoms with Crippen LogP contribution in [-0.4, -0.2) is 15.8 Å². The number of hydrogen-bond acceptors (Lipinski definition) is 2. The minimum atomic E-state index is 0.316. The van der Waals surface area contributed by atoms with Crippen LogP contribution in [-0.2, 0) is 13.5 Å². The van der Waals surface area contributed by atoms with Gasteiger partial charge < -0.3 is 5.73 Å². The number of nitrogens with zero attached hydrogens (tertiary/aromatic N) is 2. The van der Waals surface area contributed by atoms with Crippen LogP contribution in [0, 0.1) is 11.8 Å². The van der Waals surface area contributed by atoms with Crippen molar-refractivity contribution in [2.75, 3.05) is 0 Å². The predicted molar refractivity (Wildman–Crippen MR) is 66.0 cm³/mol. The van der Waals surface area contributed by atoms with E-state index in [0.717, 1.165) is 18.3 Å². The van der Waals surface area contributed by atoms with Crippen LogP contribution in [0.2, 0.25) is 0 Å². The second-order valence-electron chi connectivity index (χ2n) is 5.41. The highest BCUT2D eigenvalue weighted by molar-refractivity contribution is 5.06. The van der Waals surface area contributed by atoms with Gasteiger partial charge in [0.15, 0.2) is 0 Å². The van der Waals surface area contributed by atoms with Crippen molar-refractivity contribution in [1.82, 2.24) is 9.78 Å². The Morgan fingerprint density at radius 2 is 2.12 bits per heavy atom. The van der Waals surface area contributed by atoms with E-state index in [1.807, 2.05) is 17.9 Å². The van der Waals surface area contributed by atoms with Crippen LogP contribution in [0.15, 0.2) is 12.4 Å². The van der Waals surface area contributed by atoms with Gasteiger partial charge in [-0.25, -0.2) is 0 Å². The Kier molecular flexibility index (Phi) is 3.64. The smallest absolute Gasteiger partial charge is 0.0522 e. The van der Waals surface area contributed by atoms with Gasteiger partial charge in [-0.2, -0.15) is 5.10 Å². The highest BCUT2D eigenvalue weighted by Gasteiger charge is 2.23. The van der Waals surface area contributed by atoms with Gasteiger partial charge in [-0.1, -0.05) is 19.8 Å². The SMILES string of the molecule is CC1CCC(C(N)Cc2cnn(C)c2)CC1. The van der Waals surface area contributed by atoms with E-state index >= 15 is 0 Å². The fourth-order valence-corrected chi connectivity index (χ4v) is 2.73. The summed E-state index contributed by atoms with van der Waals surface area (Å²) in [4.78, 5) is 0. The lowest BCUT2D eigenvalue weighted by Crippen LogP contribution is -2.34. The number of aromatic nitrogens is 2. The second-order valence-corrected chi connectivity index (χ2v) is 5.41. The molecule has 1 saturated carbocycles. The predicted octanol–water partition coefficient (Wildman–Crippen LogP) is 2.12. The van der Waals surface area contributed by atoms with Gasteiger partial charge in [-0.15, -0.1) is 0 Å². The lowest BCUT2D eigenvalue weighted by Gasteiger charge is -2.30. The van der Waals surface area contributed by atoms with Gasteiger partial charge in [0.25, 0.3) is 0 Å². The molecule has 1 aliphatic rings. The minimum Gasteiger partial charge on any atom is -0.327 e. The van der Waals surface area contributed by atoms with E-state index in [2.05, 4.69) is 18.2 Å². The number of nitrogens with two attached hydrogens (primary N) is 1. The maximum absolute atomic E-state index is 6.30. The van der Waals surface area contributed by atoms with E-state index in [1.165, 1.54) is 31.2 Å². The first-order valence-corrected chi connectivity index (χ1v) is 6.38. The van der Waals surface area contributed by atoms with Gasteiger partial charge in [0.05, 0.1) is 6.20 Å². The zero-order valence-electron chi connectivity index (χ0n) is 10.4. The zero-order valence-corrected chi connectivity index (χ0v) is 10.4. The molecule has 1 aliphatic carbocycles. The van der Waals surface area contributed by atoms with Crippen molar-refractivity contribution < 1.29 is 0 Å². The zero-order chi connectivity index (χ0) is 11.5. The van der Waals surface area contributed by atoms with Gasteiger partial charge >= 0.3 is 0 Å². The number of hydrogen-bond donors (Lipinski definition) is 1. The molecule has 0 spiro atoms. The Morgan fingerprint density at radius 1 is 1.44 bits per heavy atom. The van der Waals surface area contributed by atoms with E-state index in [0.29, 0.717) is 6.04 Å². The first kappa shape index (κ1) is 11.6. The molecule has 0 amide bonds. The van der Waals surface area contributed by atoms with Crippen LogP contribution < -0.4 is 5.73 Å². The monoisotopic (exact) mass is 221 g/mol. The van der Waals surface area contributed by atoms with Gasteiger partial charge in [0.2, 0.25) is 0 Å². The lowest BCUT2D eigenvalue weighted by atomic mass is 9.78. The van der Waals surface area contributed by atoms with Gasteiger partial charge in [0.1, 0.15) is 0 Å². The van der Waals surface area contributed by atoms with Crippen molar-refractivity contribution in [2.45, 2.75) is 45.1 Å². The topological polar surface area (TPSA) is 43.8 Å². The Balaban J connectivity index is 1.85. The first-order valence-electron chi connectivity index (χ1n) is 6.38. The first-order chi connectivity index (χ1) is 7.65. The number of aryl methyl sites for hydroxylation is 1. The summed E-state index contributed by atoms with van der Waals surface area (Å²) in [6.07, 6.45) is 10.3. The Bertz CT molecular complexity index is 324. The Morgan fingerprint density at radius 3 is 2.69 bits per heavy atom. The summed E-state index contributed by atoms with van der Waals surface area (Å²) < 4.78 is 1.85. The molecule has 16 heavy (non-hydrogen) atoms. The molecule has 0 saturated heterocycles. The summed E-state index contributed by atoms with van der Waals surface area (Å²) in [5.74, 6) is 1.62. The standard InChI is InChI=1S/C13H23N3/c1-10-3-5-12(6-4-10)13(14)7-11-8-15-16(2)9-11/h8-10,12-13H,3-7,14H2,1-2H3. The number of rotatable bonds is 3. The highest BCUT2D eigenvalue weighted by Crippen LogP contribution is 2.30. The third-order valence-corrected chi connectivity index (χ3v) is 3.90. The van der Waals surface area contributed by atoms with E-state index in [9.17, 15) is 0 Å². The molecule has 2 rings (SSSR count). The van der Waals surface area contributed by atoms with E-state index in [1.54, 1.807) is 0 Å². The molecule has 2 N–H and O–H groups in total. The quantitative estimate of drug-likeness (QED) is 0.849.